The molecule has 19 heavy (non-hydrogen) atoms. The van der Waals surface area contributed by atoms with Gasteiger partial charge in [-0.3, -0.25) is 5.32 Å². The third-order valence-electron chi connectivity index (χ3n) is 3.34. The number of amides is 2. The van der Waals surface area contributed by atoms with Crippen molar-refractivity contribution in [2.75, 3.05) is 18.4 Å². The zero-order valence-electron chi connectivity index (χ0n) is 10.3. The summed E-state index contributed by atoms with van der Waals surface area (Å²) in [4.78, 5) is 13.9. The van der Waals surface area contributed by atoms with Gasteiger partial charge in [0.05, 0.1) is 17.9 Å². The number of likely N-dealkylation sites (tertiary alicyclic amines) is 1. The maximum atomic E-state index is 12.0. The van der Waals surface area contributed by atoms with Gasteiger partial charge in [-0.2, -0.15) is 8.75 Å². The molecular weight excluding hydrogens is 260 g/mol. The van der Waals surface area contributed by atoms with Crippen molar-refractivity contribution in [2.45, 2.75) is 12.3 Å². The second-order valence-electron chi connectivity index (χ2n) is 4.57. The van der Waals surface area contributed by atoms with Crippen molar-refractivity contribution < 1.29 is 4.79 Å². The number of rotatable bonds is 2. The predicted molar refractivity (Wildman–Crippen MR) is 74.3 cm³/mol. The molecule has 1 N–H and O–H groups in total. The van der Waals surface area contributed by atoms with E-state index in [-0.39, 0.29) is 6.03 Å². The van der Waals surface area contributed by atoms with Gasteiger partial charge in [-0.1, -0.05) is 30.3 Å². The van der Waals surface area contributed by atoms with Gasteiger partial charge in [-0.25, -0.2) is 4.79 Å². The Kier molecular flexibility index (Phi) is 3.41. The van der Waals surface area contributed by atoms with Crippen LogP contribution >= 0.6 is 11.7 Å². The van der Waals surface area contributed by atoms with Gasteiger partial charge < -0.3 is 4.90 Å². The molecule has 1 aromatic heterocycles. The van der Waals surface area contributed by atoms with Crippen LogP contribution in [0.15, 0.2) is 36.5 Å². The van der Waals surface area contributed by atoms with Crippen LogP contribution in [0.2, 0.25) is 0 Å². The first-order valence-electron chi connectivity index (χ1n) is 6.21. The van der Waals surface area contributed by atoms with Crippen LogP contribution in [0.5, 0.6) is 0 Å². The number of hydrogen-bond acceptors (Lipinski definition) is 4. The van der Waals surface area contributed by atoms with Crippen molar-refractivity contribution >= 4 is 23.6 Å². The topological polar surface area (TPSA) is 58.1 Å². The molecule has 1 aliphatic rings. The number of nitrogens with zero attached hydrogens (tertiary/aromatic N) is 3. The molecule has 0 unspecified atom stereocenters. The van der Waals surface area contributed by atoms with Gasteiger partial charge in [0.2, 0.25) is 0 Å². The van der Waals surface area contributed by atoms with E-state index in [1.165, 1.54) is 5.56 Å². The summed E-state index contributed by atoms with van der Waals surface area (Å²) in [7, 11) is 0. The second-order valence-corrected chi connectivity index (χ2v) is 5.12. The average Bonchev–Trinajstić information content (AvgIpc) is 3.10. The molecule has 2 amide bonds. The van der Waals surface area contributed by atoms with Crippen molar-refractivity contribution in [2.24, 2.45) is 0 Å². The van der Waals surface area contributed by atoms with Crippen molar-refractivity contribution in [3.8, 4) is 0 Å². The normalized spacial score (nSPS) is 18.5. The van der Waals surface area contributed by atoms with Gasteiger partial charge in [-0.15, -0.1) is 0 Å². The molecule has 1 saturated heterocycles. The minimum atomic E-state index is -0.0915. The summed E-state index contributed by atoms with van der Waals surface area (Å²) in [5.41, 5.74) is 1.30. The molecule has 1 atom stereocenters. The number of hydrogen-bond donors (Lipinski definition) is 1. The van der Waals surface area contributed by atoms with Crippen LogP contribution in [0, 0.1) is 0 Å². The molecule has 0 bridgehead atoms. The number of anilines is 1. The summed E-state index contributed by atoms with van der Waals surface area (Å²) in [5, 5.41) is 2.76. The Morgan fingerprint density at radius 3 is 2.95 bits per heavy atom. The summed E-state index contributed by atoms with van der Waals surface area (Å²) >= 11 is 1.09. The van der Waals surface area contributed by atoms with Crippen molar-refractivity contribution in [3.05, 3.63) is 42.1 Å². The first-order valence-corrected chi connectivity index (χ1v) is 6.94. The highest BCUT2D eigenvalue weighted by atomic mass is 32.1. The Morgan fingerprint density at radius 2 is 2.21 bits per heavy atom. The number of carbonyl (C=O) groups is 1. The summed E-state index contributed by atoms with van der Waals surface area (Å²) in [6.45, 7) is 1.54. The largest absolute Gasteiger partial charge is 0.324 e. The van der Waals surface area contributed by atoms with Gasteiger partial charge in [-0.05, 0) is 12.0 Å². The Balaban J connectivity index is 1.61. The molecule has 2 heterocycles. The molecule has 98 valence electrons. The number of nitrogens with one attached hydrogen (secondary N) is 1. The molecule has 0 saturated carbocycles. The van der Waals surface area contributed by atoms with E-state index in [0.29, 0.717) is 11.7 Å². The molecule has 0 aliphatic carbocycles. The lowest BCUT2D eigenvalue weighted by atomic mass is 9.99. The Morgan fingerprint density at radius 1 is 1.37 bits per heavy atom. The number of aromatic nitrogens is 2. The molecule has 1 aliphatic heterocycles. The molecular formula is C13H14N4OS. The number of carbonyl (C=O) groups excluding carboxylic acids is 1. The zero-order valence-corrected chi connectivity index (χ0v) is 11.1. The van der Waals surface area contributed by atoms with E-state index in [9.17, 15) is 4.79 Å². The summed E-state index contributed by atoms with van der Waals surface area (Å²) < 4.78 is 7.84. The maximum absolute atomic E-state index is 12.0. The molecule has 1 aromatic carbocycles. The van der Waals surface area contributed by atoms with Crippen LogP contribution in [0.3, 0.4) is 0 Å². The van der Waals surface area contributed by atoms with E-state index in [1.807, 2.05) is 23.1 Å². The van der Waals surface area contributed by atoms with Crippen molar-refractivity contribution in [3.63, 3.8) is 0 Å². The standard InChI is InChI=1S/C13H14N4OS/c18-13(15-12-8-14-19-16-12)17-7-6-11(9-17)10-4-2-1-3-5-10/h1-5,8,11H,6-7,9H2,(H,15,16,18)/t11-/m0/s1. The third-order valence-corrected chi connectivity index (χ3v) is 3.82. The lowest BCUT2D eigenvalue weighted by molar-refractivity contribution is 0.222. The van der Waals surface area contributed by atoms with E-state index in [2.05, 4.69) is 26.2 Å². The lowest BCUT2D eigenvalue weighted by Gasteiger charge is -2.16. The zero-order chi connectivity index (χ0) is 13.1. The van der Waals surface area contributed by atoms with Gasteiger partial charge in [0.25, 0.3) is 0 Å². The van der Waals surface area contributed by atoms with Gasteiger partial charge in [0.1, 0.15) is 0 Å². The summed E-state index contributed by atoms with van der Waals surface area (Å²) in [5.74, 6) is 0.957. The highest BCUT2D eigenvalue weighted by molar-refractivity contribution is 6.99. The van der Waals surface area contributed by atoms with E-state index in [0.717, 1.165) is 31.2 Å². The molecule has 6 heteroatoms. The van der Waals surface area contributed by atoms with Gasteiger partial charge >= 0.3 is 6.03 Å². The van der Waals surface area contributed by atoms with Crippen LogP contribution in [-0.4, -0.2) is 32.8 Å². The van der Waals surface area contributed by atoms with Crippen molar-refractivity contribution in [1.82, 2.24) is 13.6 Å². The van der Waals surface area contributed by atoms with E-state index >= 15 is 0 Å². The first kappa shape index (κ1) is 12.1. The highest BCUT2D eigenvalue weighted by Crippen LogP contribution is 2.27. The second kappa shape index (κ2) is 5.36. The summed E-state index contributed by atoms with van der Waals surface area (Å²) in [6.07, 6.45) is 2.57. The van der Waals surface area contributed by atoms with Crippen LogP contribution in [0.1, 0.15) is 17.9 Å². The van der Waals surface area contributed by atoms with E-state index in [1.54, 1.807) is 6.20 Å². The molecule has 2 aromatic rings. The lowest BCUT2D eigenvalue weighted by Crippen LogP contribution is -2.32. The van der Waals surface area contributed by atoms with E-state index < -0.39 is 0 Å². The van der Waals surface area contributed by atoms with Crippen LogP contribution in [0.4, 0.5) is 10.6 Å². The fourth-order valence-electron chi connectivity index (χ4n) is 2.35. The number of urea groups is 1. The van der Waals surface area contributed by atoms with Gasteiger partial charge in [0, 0.05) is 19.0 Å². The molecule has 0 spiro atoms. The first-order chi connectivity index (χ1) is 9.33. The predicted octanol–water partition coefficient (Wildman–Crippen LogP) is 2.56. The Bertz CT molecular complexity index is 543. The minimum absolute atomic E-state index is 0.0915. The Labute approximate surface area is 115 Å². The monoisotopic (exact) mass is 274 g/mol. The molecule has 5 nitrogen and oxygen atoms in total. The highest BCUT2D eigenvalue weighted by Gasteiger charge is 2.27. The third kappa shape index (κ3) is 2.73. The minimum Gasteiger partial charge on any atom is -0.324 e. The number of benzene rings is 1. The van der Waals surface area contributed by atoms with Crippen molar-refractivity contribution in [1.29, 1.82) is 0 Å². The molecule has 3 rings (SSSR count). The fourth-order valence-corrected chi connectivity index (χ4v) is 2.73. The van der Waals surface area contributed by atoms with E-state index in [4.69, 9.17) is 0 Å². The molecule has 0 radical (unpaired) electrons. The molecule has 1 fully saturated rings. The quantitative estimate of drug-likeness (QED) is 0.915. The van der Waals surface area contributed by atoms with Gasteiger partial charge in [0.15, 0.2) is 5.82 Å². The van der Waals surface area contributed by atoms with Crippen LogP contribution in [0.25, 0.3) is 0 Å². The Hall–Kier alpha value is -1.95. The maximum Gasteiger partial charge on any atom is 0.323 e. The van der Waals surface area contributed by atoms with Crippen LogP contribution < -0.4 is 5.32 Å². The SMILES string of the molecule is O=C(Nc1cnsn1)N1CC[C@H](c2ccccc2)C1. The summed E-state index contributed by atoms with van der Waals surface area (Å²) in [6, 6.07) is 10.2. The fraction of sp³-hybridized carbons (Fsp3) is 0.308. The van der Waals surface area contributed by atoms with Crippen LogP contribution in [-0.2, 0) is 0 Å². The smallest absolute Gasteiger partial charge is 0.323 e. The average molecular weight is 274 g/mol.